The third kappa shape index (κ3) is 3.31. The predicted molar refractivity (Wildman–Crippen MR) is 44.1 cm³/mol. The number of halogens is 6. The van der Waals surface area contributed by atoms with Crippen LogP contribution in [0.1, 0.15) is 5.69 Å². The number of hydrogen-bond donors (Lipinski definition) is 1. The highest BCUT2D eigenvalue weighted by molar-refractivity contribution is 5.47. The van der Waals surface area contributed by atoms with Gasteiger partial charge in [-0.05, 0) is 0 Å². The molecule has 0 aliphatic heterocycles. The summed E-state index contributed by atoms with van der Waals surface area (Å²) in [6, 6.07) is 0.249. The van der Waals surface area contributed by atoms with Crippen molar-refractivity contribution in [2.45, 2.75) is 12.5 Å². The van der Waals surface area contributed by atoms with E-state index in [-0.39, 0.29) is 6.07 Å². The first-order valence-corrected chi connectivity index (χ1v) is 4.15. The van der Waals surface area contributed by atoms with Gasteiger partial charge < -0.3 is 14.6 Å². The lowest BCUT2D eigenvalue weighted by Gasteiger charge is -2.14. The molecule has 0 radical (unpaired) electrons. The Kier molecular flexibility index (Phi) is 3.49. The van der Waals surface area contributed by atoms with Crippen LogP contribution in [0.4, 0.5) is 26.3 Å². The number of methoxy groups -OCH3 is 1. The molecule has 0 aliphatic rings. The lowest BCUT2D eigenvalue weighted by Crippen LogP contribution is -2.19. The van der Waals surface area contributed by atoms with Crippen molar-refractivity contribution < 1.29 is 40.9 Å². The fourth-order valence-corrected chi connectivity index (χ4v) is 0.974. The first kappa shape index (κ1) is 14.2. The van der Waals surface area contributed by atoms with Gasteiger partial charge in [-0.15, -0.1) is 13.2 Å². The van der Waals surface area contributed by atoms with E-state index in [2.05, 4.69) is 14.5 Å². The van der Waals surface area contributed by atoms with Gasteiger partial charge in [0.2, 0.25) is 5.75 Å². The zero-order valence-electron chi connectivity index (χ0n) is 8.56. The van der Waals surface area contributed by atoms with Gasteiger partial charge in [-0.3, -0.25) is 0 Å². The van der Waals surface area contributed by atoms with Crippen LogP contribution in [0.2, 0.25) is 0 Å². The third-order valence-corrected chi connectivity index (χ3v) is 1.65. The molecule has 0 spiro atoms. The van der Waals surface area contributed by atoms with Crippen LogP contribution in [0.25, 0.3) is 0 Å². The summed E-state index contributed by atoms with van der Waals surface area (Å²) in [6.07, 6.45) is -10.3. The molecular formula is C8H5F6NO3. The van der Waals surface area contributed by atoms with Crippen LogP contribution in [0, 0.1) is 0 Å². The number of nitrogens with zero attached hydrogens (tertiary/aromatic N) is 1. The Bertz CT molecular complexity index is 442. The highest BCUT2D eigenvalue weighted by Gasteiger charge is 2.38. The van der Waals surface area contributed by atoms with E-state index >= 15 is 0 Å². The molecule has 0 saturated heterocycles. The molecule has 0 atom stereocenters. The maximum absolute atomic E-state index is 12.3. The molecule has 0 amide bonds. The number of pyridine rings is 1. The molecule has 0 unspecified atom stereocenters. The number of rotatable bonds is 2. The summed E-state index contributed by atoms with van der Waals surface area (Å²) >= 11 is 0. The summed E-state index contributed by atoms with van der Waals surface area (Å²) in [5.41, 5.74) is -1.68. The van der Waals surface area contributed by atoms with Crippen LogP contribution in [0.5, 0.6) is 17.4 Å². The highest BCUT2D eigenvalue weighted by atomic mass is 19.4. The van der Waals surface area contributed by atoms with Crippen molar-refractivity contribution in [3.8, 4) is 17.4 Å². The molecule has 1 rings (SSSR count). The number of alkyl halides is 6. The fourth-order valence-electron chi connectivity index (χ4n) is 0.974. The maximum Gasteiger partial charge on any atom is 0.574 e. The van der Waals surface area contributed by atoms with Gasteiger partial charge in [-0.25, -0.2) is 4.98 Å². The van der Waals surface area contributed by atoms with Gasteiger partial charge in [0.25, 0.3) is 5.88 Å². The molecule has 10 heteroatoms. The van der Waals surface area contributed by atoms with Crippen LogP contribution < -0.4 is 9.47 Å². The van der Waals surface area contributed by atoms with Crippen LogP contribution in [-0.2, 0) is 6.18 Å². The zero-order chi connectivity index (χ0) is 14.1. The number of ether oxygens (including phenoxy) is 2. The molecule has 4 nitrogen and oxygen atoms in total. The lowest BCUT2D eigenvalue weighted by molar-refractivity contribution is -0.277. The van der Waals surface area contributed by atoms with Crippen LogP contribution in [-0.4, -0.2) is 23.6 Å². The smallest absolute Gasteiger partial charge is 0.501 e. The largest absolute Gasteiger partial charge is 0.574 e. The van der Waals surface area contributed by atoms with Gasteiger partial charge in [0.15, 0.2) is 11.4 Å². The maximum atomic E-state index is 12.3. The quantitative estimate of drug-likeness (QED) is 0.844. The van der Waals surface area contributed by atoms with Gasteiger partial charge in [0.05, 0.1) is 7.11 Å². The van der Waals surface area contributed by atoms with Gasteiger partial charge in [0, 0.05) is 6.07 Å². The minimum Gasteiger partial charge on any atom is -0.501 e. The Labute approximate surface area is 95.8 Å². The predicted octanol–water partition coefficient (Wildman–Crippen LogP) is 2.71. The van der Waals surface area contributed by atoms with Crippen LogP contribution >= 0.6 is 0 Å². The topological polar surface area (TPSA) is 51.6 Å². The molecule has 0 aliphatic carbocycles. The van der Waals surface area contributed by atoms with Crippen molar-refractivity contribution in [1.29, 1.82) is 0 Å². The molecule has 0 fully saturated rings. The van der Waals surface area contributed by atoms with E-state index in [9.17, 15) is 26.3 Å². The van der Waals surface area contributed by atoms with Crippen LogP contribution in [0.3, 0.4) is 0 Å². The summed E-state index contributed by atoms with van der Waals surface area (Å²) in [5.74, 6) is -3.74. The summed E-state index contributed by atoms with van der Waals surface area (Å²) in [6.45, 7) is 0. The lowest BCUT2D eigenvalue weighted by atomic mass is 10.3. The normalized spacial score (nSPS) is 12.4. The second-order valence-corrected chi connectivity index (χ2v) is 2.91. The first-order valence-electron chi connectivity index (χ1n) is 4.15. The SMILES string of the molecule is COc1cc(C(F)(F)F)nc(OC(F)(F)F)c1O. The molecule has 18 heavy (non-hydrogen) atoms. The second kappa shape index (κ2) is 4.42. The fraction of sp³-hybridized carbons (Fsp3) is 0.375. The van der Waals surface area contributed by atoms with Crippen molar-refractivity contribution in [2.24, 2.45) is 0 Å². The summed E-state index contributed by atoms with van der Waals surface area (Å²) < 4.78 is 80.1. The van der Waals surface area contributed by atoms with E-state index in [1.807, 2.05) is 0 Å². The van der Waals surface area contributed by atoms with Crippen molar-refractivity contribution in [2.75, 3.05) is 7.11 Å². The monoisotopic (exact) mass is 277 g/mol. The third-order valence-electron chi connectivity index (χ3n) is 1.65. The van der Waals surface area contributed by atoms with Gasteiger partial charge in [-0.1, -0.05) is 0 Å². The van der Waals surface area contributed by atoms with E-state index < -0.39 is 35.6 Å². The molecule has 1 N–H and O–H groups in total. The van der Waals surface area contributed by atoms with Crippen molar-refractivity contribution >= 4 is 0 Å². The van der Waals surface area contributed by atoms with E-state index in [0.29, 0.717) is 0 Å². The van der Waals surface area contributed by atoms with E-state index in [0.717, 1.165) is 7.11 Å². The highest BCUT2D eigenvalue weighted by Crippen LogP contribution is 2.41. The van der Waals surface area contributed by atoms with Gasteiger partial charge in [0.1, 0.15) is 0 Å². The number of aromatic nitrogens is 1. The zero-order valence-corrected chi connectivity index (χ0v) is 8.56. The van der Waals surface area contributed by atoms with Crippen molar-refractivity contribution in [3.05, 3.63) is 11.8 Å². The standard InChI is InChI=1S/C8H5F6NO3/c1-17-3-2-4(7(9,10)11)15-6(5(3)16)18-8(12,13)14/h2,16H,1H3. The minimum atomic E-state index is -5.29. The molecule has 102 valence electrons. The Hall–Kier alpha value is -1.87. The van der Waals surface area contributed by atoms with Crippen molar-refractivity contribution in [1.82, 2.24) is 4.98 Å². The molecule has 0 aromatic carbocycles. The average molecular weight is 277 g/mol. The first-order chi connectivity index (χ1) is 8.04. The van der Waals surface area contributed by atoms with E-state index in [4.69, 9.17) is 5.11 Å². The second-order valence-electron chi connectivity index (χ2n) is 2.91. The number of hydrogen-bond acceptors (Lipinski definition) is 4. The molecule has 1 aromatic heterocycles. The molecule has 1 aromatic rings. The van der Waals surface area contributed by atoms with E-state index in [1.54, 1.807) is 0 Å². The summed E-state index contributed by atoms with van der Waals surface area (Å²) in [5, 5.41) is 9.16. The average Bonchev–Trinajstić information content (AvgIpc) is 2.17. The Balaban J connectivity index is 3.32. The Morgan fingerprint density at radius 3 is 2.11 bits per heavy atom. The molecule has 0 bridgehead atoms. The van der Waals surface area contributed by atoms with Crippen LogP contribution in [0.15, 0.2) is 6.07 Å². The molecular weight excluding hydrogens is 272 g/mol. The molecule has 1 heterocycles. The van der Waals surface area contributed by atoms with Crippen molar-refractivity contribution in [3.63, 3.8) is 0 Å². The molecule has 0 saturated carbocycles. The van der Waals surface area contributed by atoms with Gasteiger partial charge in [-0.2, -0.15) is 13.2 Å². The van der Waals surface area contributed by atoms with E-state index in [1.165, 1.54) is 0 Å². The summed E-state index contributed by atoms with van der Waals surface area (Å²) in [4.78, 5) is 2.54. The Morgan fingerprint density at radius 1 is 1.17 bits per heavy atom. The Morgan fingerprint density at radius 2 is 1.72 bits per heavy atom. The minimum absolute atomic E-state index is 0.249. The number of aromatic hydroxyl groups is 1. The summed E-state index contributed by atoms with van der Waals surface area (Å²) in [7, 11) is 0.868. The van der Waals surface area contributed by atoms with Gasteiger partial charge >= 0.3 is 12.5 Å².